The average molecular weight is 835 g/mol. The SMILES string of the molecule is CC.CC(=O)O.CC(=O)O.CC(=O)O.Cc1cccc(C(=O)NCCCCN(CC(=O)O)C(=O)CCNC(=O)CCNC(=O)CCNC(=O)c2cccc(C(N)=O)c2)c1. The van der Waals surface area contributed by atoms with Crippen LogP contribution in [0, 0.1) is 6.92 Å². The van der Waals surface area contributed by atoms with Gasteiger partial charge in [-0.1, -0.05) is 37.6 Å². The van der Waals surface area contributed by atoms with Crippen LogP contribution in [0.2, 0.25) is 0 Å². The molecule has 59 heavy (non-hydrogen) atoms. The molecule has 0 atom stereocenters. The van der Waals surface area contributed by atoms with E-state index in [9.17, 15) is 38.7 Å². The molecule has 20 nitrogen and oxygen atoms in total. The number of carboxylic acids is 4. The van der Waals surface area contributed by atoms with Crippen LogP contribution in [-0.4, -0.2) is 124 Å². The number of carbonyl (C=O) groups excluding carboxylic acids is 6. The number of aliphatic carboxylic acids is 4. The third-order valence-electron chi connectivity index (χ3n) is 6.48. The Hall–Kier alpha value is -6.86. The van der Waals surface area contributed by atoms with E-state index in [1.807, 2.05) is 26.8 Å². The van der Waals surface area contributed by atoms with Crippen LogP contribution in [0.5, 0.6) is 0 Å². The predicted octanol–water partition coefficient (Wildman–Crippen LogP) is 1.65. The van der Waals surface area contributed by atoms with E-state index in [0.29, 0.717) is 24.9 Å². The second-order valence-corrected chi connectivity index (χ2v) is 11.7. The van der Waals surface area contributed by atoms with Gasteiger partial charge in [0, 0.05) is 89.4 Å². The van der Waals surface area contributed by atoms with E-state index in [-0.39, 0.29) is 68.4 Å². The average Bonchev–Trinajstić information content (AvgIpc) is 3.14. The summed E-state index contributed by atoms with van der Waals surface area (Å²) in [6, 6.07) is 13.0. The Morgan fingerprint density at radius 1 is 0.576 bits per heavy atom. The molecule has 0 heterocycles. The molecule has 0 spiro atoms. The molecule has 20 heteroatoms. The molecule has 2 rings (SSSR count). The van der Waals surface area contributed by atoms with Crippen LogP contribution < -0.4 is 27.0 Å². The van der Waals surface area contributed by atoms with Gasteiger partial charge in [0.1, 0.15) is 6.54 Å². The zero-order chi connectivity index (χ0) is 45.9. The molecule has 0 aliphatic carbocycles. The lowest BCUT2D eigenvalue weighted by Crippen LogP contribution is -2.39. The molecule has 0 unspecified atom stereocenters. The second kappa shape index (κ2) is 34.4. The van der Waals surface area contributed by atoms with Crippen molar-refractivity contribution in [2.24, 2.45) is 5.73 Å². The fourth-order valence-corrected chi connectivity index (χ4v) is 4.14. The number of primary amides is 1. The standard InChI is InChI=1S/C31H40N6O8.3C2H4O2.C2H6/c1-21-6-4-8-23(18-21)30(44)35-13-2-3-17-37(20-28(41)42)27(40)12-16-34-25(38)10-14-33-26(39)11-15-36-31(45)24-9-5-7-22(19-24)29(32)43;3*1-2(3)4;1-2/h4-9,18-19H,2-3,10-17,20H2,1H3,(H2,32,43)(H,33,39)(H,34,38)(H,35,44)(H,36,45)(H,41,42);3*1H3,(H,3,4);1-2H3. The Labute approximate surface area is 342 Å². The maximum atomic E-state index is 12.6. The van der Waals surface area contributed by atoms with Gasteiger partial charge in [-0.15, -0.1) is 0 Å². The molecule has 0 aliphatic heterocycles. The molecular weight excluding hydrogens is 776 g/mol. The molecule has 0 bridgehead atoms. The maximum absolute atomic E-state index is 12.6. The van der Waals surface area contributed by atoms with Crippen molar-refractivity contribution in [2.75, 3.05) is 39.3 Å². The minimum Gasteiger partial charge on any atom is -0.481 e. The summed E-state index contributed by atoms with van der Waals surface area (Å²) in [6.45, 7) is 9.30. The van der Waals surface area contributed by atoms with Gasteiger partial charge < -0.3 is 52.3 Å². The number of nitrogens with zero attached hydrogens (tertiary/aromatic N) is 1. The summed E-state index contributed by atoms with van der Waals surface area (Å²) in [6.07, 6.45) is 0.846. The van der Waals surface area contributed by atoms with Crippen molar-refractivity contribution in [3.63, 3.8) is 0 Å². The molecular formula is C39H58N6O14. The molecule has 0 saturated heterocycles. The van der Waals surface area contributed by atoms with Gasteiger partial charge in [-0.05, 0) is 50.1 Å². The number of nitrogens with one attached hydrogen (secondary N) is 4. The van der Waals surface area contributed by atoms with Crippen molar-refractivity contribution in [3.05, 3.63) is 70.8 Å². The van der Waals surface area contributed by atoms with Crippen LogP contribution in [-0.2, 0) is 33.6 Å². The number of unbranched alkanes of at least 4 members (excludes halogenated alkanes) is 1. The largest absolute Gasteiger partial charge is 0.481 e. The van der Waals surface area contributed by atoms with E-state index in [1.54, 1.807) is 18.2 Å². The molecule has 6 amide bonds. The van der Waals surface area contributed by atoms with Crippen LogP contribution in [0.4, 0.5) is 0 Å². The van der Waals surface area contributed by atoms with Crippen molar-refractivity contribution >= 4 is 59.3 Å². The van der Waals surface area contributed by atoms with E-state index in [2.05, 4.69) is 21.3 Å². The van der Waals surface area contributed by atoms with E-state index in [1.165, 1.54) is 29.2 Å². The highest BCUT2D eigenvalue weighted by atomic mass is 16.4. The Kier molecular flexibility index (Phi) is 32.9. The quantitative estimate of drug-likeness (QED) is 0.0910. The van der Waals surface area contributed by atoms with E-state index >= 15 is 0 Å². The molecule has 0 aromatic heterocycles. The van der Waals surface area contributed by atoms with Crippen molar-refractivity contribution < 1.29 is 68.4 Å². The fourth-order valence-electron chi connectivity index (χ4n) is 4.14. The third-order valence-corrected chi connectivity index (χ3v) is 6.48. The first-order valence-corrected chi connectivity index (χ1v) is 18.3. The minimum atomic E-state index is -1.16. The molecule has 10 N–H and O–H groups in total. The zero-order valence-electron chi connectivity index (χ0n) is 34.3. The van der Waals surface area contributed by atoms with Gasteiger partial charge in [-0.3, -0.25) is 47.9 Å². The molecule has 0 radical (unpaired) electrons. The summed E-state index contributed by atoms with van der Waals surface area (Å²) in [7, 11) is 0. The summed E-state index contributed by atoms with van der Waals surface area (Å²) in [5.74, 6) is -6.22. The highest BCUT2D eigenvalue weighted by Crippen LogP contribution is 2.06. The van der Waals surface area contributed by atoms with Crippen molar-refractivity contribution in [1.82, 2.24) is 26.2 Å². The number of nitrogens with two attached hydrogens (primary N) is 1. The number of aryl methyl sites for hydroxylation is 1. The topological polar surface area (TPSA) is 329 Å². The summed E-state index contributed by atoms with van der Waals surface area (Å²) in [4.78, 5) is 112. The summed E-state index contributed by atoms with van der Waals surface area (Å²) < 4.78 is 0. The smallest absolute Gasteiger partial charge is 0.323 e. The van der Waals surface area contributed by atoms with Gasteiger partial charge in [-0.2, -0.15) is 0 Å². The number of hydrogen-bond acceptors (Lipinski definition) is 10. The second-order valence-electron chi connectivity index (χ2n) is 11.7. The molecule has 0 saturated carbocycles. The number of carbonyl (C=O) groups is 10. The number of benzene rings is 2. The first-order valence-electron chi connectivity index (χ1n) is 18.3. The van der Waals surface area contributed by atoms with Crippen LogP contribution in [0.25, 0.3) is 0 Å². The molecule has 0 fully saturated rings. The Balaban J connectivity index is -0.00000194. The van der Waals surface area contributed by atoms with Crippen molar-refractivity contribution in [3.8, 4) is 0 Å². The van der Waals surface area contributed by atoms with Gasteiger partial charge in [0.05, 0.1) is 0 Å². The van der Waals surface area contributed by atoms with Crippen molar-refractivity contribution in [1.29, 1.82) is 0 Å². The number of amides is 6. The monoisotopic (exact) mass is 834 g/mol. The lowest BCUT2D eigenvalue weighted by atomic mass is 10.1. The van der Waals surface area contributed by atoms with Gasteiger partial charge in [0.2, 0.25) is 23.6 Å². The number of carboxylic acid groups (broad SMARTS) is 4. The summed E-state index contributed by atoms with van der Waals surface area (Å²) in [5.41, 5.74) is 7.15. The summed E-state index contributed by atoms with van der Waals surface area (Å²) in [5, 5.41) is 41.9. The van der Waals surface area contributed by atoms with Gasteiger partial charge in [-0.25, -0.2) is 0 Å². The first kappa shape index (κ1) is 56.5. The van der Waals surface area contributed by atoms with Crippen LogP contribution >= 0.6 is 0 Å². The Morgan fingerprint density at radius 2 is 0.983 bits per heavy atom. The Morgan fingerprint density at radius 3 is 1.44 bits per heavy atom. The fraction of sp³-hybridized carbons (Fsp3) is 0.436. The molecule has 0 aliphatic rings. The molecule has 2 aromatic carbocycles. The van der Waals surface area contributed by atoms with Crippen LogP contribution in [0.3, 0.4) is 0 Å². The van der Waals surface area contributed by atoms with E-state index in [4.69, 9.17) is 35.4 Å². The zero-order valence-corrected chi connectivity index (χ0v) is 34.3. The first-order chi connectivity index (χ1) is 27.7. The van der Waals surface area contributed by atoms with Gasteiger partial charge >= 0.3 is 5.97 Å². The minimum absolute atomic E-state index is 0.00271. The lowest BCUT2D eigenvalue weighted by molar-refractivity contribution is -0.144. The van der Waals surface area contributed by atoms with Gasteiger partial charge in [0.15, 0.2) is 0 Å². The van der Waals surface area contributed by atoms with Crippen LogP contribution in [0.15, 0.2) is 48.5 Å². The van der Waals surface area contributed by atoms with Gasteiger partial charge in [0.25, 0.3) is 29.7 Å². The van der Waals surface area contributed by atoms with E-state index in [0.717, 1.165) is 26.3 Å². The van der Waals surface area contributed by atoms with E-state index < -0.39 is 54.1 Å². The highest BCUT2D eigenvalue weighted by Gasteiger charge is 2.17. The van der Waals surface area contributed by atoms with Crippen molar-refractivity contribution in [2.45, 2.75) is 73.6 Å². The maximum Gasteiger partial charge on any atom is 0.323 e. The Bertz CT molecular complexity index is 1640. The third kappa shape index (κ3) is 35.3. The highest BCUT2D eigenvalue weighted by molar-refractivity contribution is 5.99. The summed E-state index contributed by atoms with van der Waals surface area (Å²) >= 11 is 0. The lowest BCUT2D eigenvalue weighted by Gasteiger charge is -2.21. The molecule has 2 aromatic rings. The predicted molar refractivity (Wildman–Crippen MR) is 215 cm³/mol. The number of hydrogen-bond donors (Lipinski definition) is 9. The van der Waals surface area contributed by atoms with Crippen LogP contribution in [0.1, 0.15) is 103 Å². The number of rotatable bonds is 19. The normalized spacial score (nSPS) is 9.25. The molecule has 328 valence electrons.